The summed E-state index contributed by atoms with van der Waals surface area (Å²) < 4.78 is 0. The predicted molar refractivity (Wildman–Crippen MR) is 24.6 cm³/mol. The summed E-state index contributed by atoms with van der Waals surface area (Å²) in [6.07, 6.45) is 0. The molecule has 0 aromatic rings. The van der Waals surface area contributed by atoms with E-state index in [9.17, 15) is 0 Å². The van der Waals surface area contributed by atoms with E-state index >= 15 is 0 Å². The van der Waals surface area contributed by atoms with Gasteiger partial charge in [-0.3, -0.25) is 0 Å². The Hall–Kier alpha value is 1.08. The first-order valence-corrected chi connectivity index (χ1v) is 10.0. The predicted octanol–water partition coefficient (Wildman–Crippen LogP) is 0.138. The van der Waals surface area contributed by atoms with Crippen molar-refractivity contribution in [2.75, 3.05) is 0 Å². The van der Waals surface area contributed by atoms with Crippen LogP contribution in [0.1, 0.15) is 0 Å². The Bertz CT molecular complexity index is 10.8. The average Bonchev–Trinajstić information content (AvgIpc) is 0.811. The van der Waals surface area contributed by atoms with Crippen LogP contribution < -0.4 is 0 Å². The van der Waals surface area contributed by atoms with E-state index in [0.29, 0.717) is 0 Å². The van der Waals surface area contributed by atoms with Gasteiger partial charge in [0.25, 0.3) is 0 Å². The SMILES string of the molecule is C[As](C)[SeH]. The molecule has 0 aliphatic rings. The van der Waals surface area contributed by atoms with Gasteiger partial charge in [0, 0.05) is 0 Å². The molecule has 0 radical (unpaired) electrons. The van der Waals surface area contributed by atoms with Crippen LogP contribution in [0.25, 0.3) is 0 Å². The van der Waals surface area contributed by atoms with E-state index in [2.05, 4.69) is 25.4 Å². The van der Waals surface area contributed by atoms with Gasteiger partial charge in [-0.1, -0.05) is 0 Å². The van der Waals surface area contributed by atoms with Crippen LogP contribution in [-0.2, 0) is 0 Å². The van der Waals surface area contributed by atoms with Gasteiger partial charge in [0.1, 0.15) is 0 Å². The van der Waals surface area contributed by atoms with Crippen LogP contribution in [0.15, 0.2) is 0 Å². The molecule has 0 fully saturated rings. The van der Waals surface area contributed by atoms with Crippen LogP contribution in [0.4, 0.5) is 0 Å². The van der Waals surface area contributed by atoms with Crippen LogP contribution in [-0.4, -0.2) is 26.8 Å². The Morgan fingerprint density at radius 1 is 1.50 bits per heavy atom. The van der Waals surface area contributed by atoms with Gasteiger partial charge in [-0.25, -0.2) is 0 Å². The topological polar surface area (TPSA) is 0 Å². The minimum atomic E-state index is -0.250. The fourth-order valence-corrected chi connectivity index (χ4v) is 0. The van der Waals surface area contributed by atoms with E-state index in [1.54, 1.807) is 0 Å². The zero-order chi connectivity index (χ0) is 3.58. The van der Waals surface area contributed by atoms with Crippen molar-refractivity contribution >= 4 is 26.8 Å². The Morgan fingerprint density at radius 2 is 1.50 bits per heavy atom. The van der Waals surface area contributed by atoms with E-state index in [4.69, 9.17) is 0 Å². The van der Waals surface area contributed by atoms with Gasteiger partial charge in [-0.05, 0) is 0 Å². The van der Waals surface area contributed by atoms with Gasteiger partial charge in [-0.2, -0.15) is 0 Å². The molecular formula is C2H7AsSe. The molecule has 26 valence electrons. The summed E-state index contributed by atoms with van der Waals surface area (Å²) in [7, 11) is 0. The van der Waals surface area contributed by atoms with Crippen molar-refractivity contribution in [3.8, 4) is 0 Å². The summed E-state index contributed by atoms with van der Waals surface area (Å²) in [5.41, 5.74) is 4.57. The van der Waals surface area contributed by atoms with Crippen molar-refractivity contribution in [1.29, 1.82) is 0 Å². The molecule has 4 heavy (non-hydrogen) atoms. The summed E-state index contributed by atoms with van der Waals surface area (Å²) in [5, 5.41) is 0. The molecule has 0 heterocycles. The van der Waals surface area contributed by atoms with E-state index in [-0.39, 0.29) is 12.8 Å². The Kier molecular flexibility index (Phi) is 2.95. The molecule has 0 unspecified atom stereocenters. The molecule has 0 aliphatic heterocycles. The summed E-state index contributed by atoms with van der Waals surface area (Å²) in [4.78, 5) is 0. The first kappa shape index (κ1) is 5.08. The zero-order valence-corrected chi connectivity index (χ0v) is 6.65. The summed E-state index contributed by atoms with van der Waals surface area (Å²) >= 11 is 2.43. The molecule has 0 nitrogen and oxygen atoms in total. The molecule has 0 N–H and O–H groups in total. The molecule has 0 aromatic heterocycles. The minimum absolute atomic E-state index is 0.250. The van der Waals surface area contributed by atoms with E-state index in [0.717, 1.165) is 0 Å². The fraction of sp³-hybridized carbons (Fsp3) is 1.00. The third kappa shape index (κ3) is 11.4. The van der Waals surface area contributed by atoms with Gasteiger partial charge in [-0.15, -0.1) is 0 Å². The summed E-state index contributed by atoms with van der Waals surface area (Å²) in [6, 6.07) is 0. The zero-order valence-electron chi connectivity index (χ0n) is 2.89. The maximum atomic E-state index is 2.68. The third-order valence-electron chi connectivity index (χ3n) is 0. The quantitative estimate of drug-likeness (QED) is 0.471. The number of hydrogen-bond donors (Lipinski definition) is 0. The van der Waals surface area contributed by atoms with Gasteiger partial charge < -0.3 is 0 Å². The van der Waals surface area contributed by atoms with Crippen LogP contribution in [0.5, 0.6) is 0 Å². The molecule has 0 saturated carbocycles. The number of rotatable bonds is 0. The van der Waals surface area contributed by atoms with Crippen LogP contribution in [0, 0.1) is 0 Å². The van der Waals surface area contributed by atoms with Crippen LogP contribution >= 0.6 is 0 Å². The third-order valence-corrected chi connectivity index (χ3v) is 0. The second kappa shape index (κ2) is 2.32. The Labute approximate surface area is 38.5 Å². The van der Waals surface area contributed by atoms with E-state index < -0.39 is 0 Å². The van der Waals surface area contributed by atoms with Crippen molar-refractivity contribution in [2.24, 2.45) is 0 Å². The average molecular weight is 185 g/mol. The van der Waals surface area contributed by atoms with Gasteiger partial charge in [0.05, 0.1) is 0 Å². The molecule has 0 saturated heterocycles. The second-order valence-electron chi connectivity index (χ2n) is 0.847. The van der Waals surface area contributed by atoms with Crippen molar-refractivity contribution < 1.29 is 0 Å². The van der Waals surface area contributed by atoms with Gasteiger partial charge >= 0.3 is 38.2 Å². The first-order chi connectivity index (χ1) is 1.73. The second-order valence-corrected chi connectivity index (χ2v) is 13.1. The Morgan fingerprint density at radius 3 is 1.50 bits per heavy atom. The molecule has 0 rings (SSSR count). The Balaban J connectivity index is 2.32. The maximum absolute atomic E-state index is 2.68. The van der Waals surface area contributed by atoms with E-state index in [1.165, 1.54) is 0 Å². The van der Waals surface area contributed by atoms with Gasteiger partial charge in [0.15, 0.2) is 0 Å². The molecule has 2 heteroatoms. The van der Waals surface area contributed by atoms with Crippen LogP contribution in [0.2, 0.25) is 11.4 Å². The first-order valence-electron chi connectivity index (χ1n) is 1.09. The number of hydrogen-bond acceptors (Lipinski definition) is 0. The summed E-state index contributed by atoms with van der Waals surface area (Å²) in [6.45, 7) is 0. The normalized spacial score (nSPS) is 9.00. The van der Waals surface area contributed by atoms with E-state index in [1.807, 2.05) is 0 Å². The molecular weight excluding hydrogens is 178 g/mol. The van der Waals surface area contributed by atoms with Crippen molar-refractivity contribution in [3.05, 3.63) is 0 Å². The molecule has 0 aliphatic carbocycles. The molecule has 0 atom stereocenters. The fourth-order valence-electron chi connectivity index (χ4n) is 0. The molecule has 0 amide bonds. The van der Waals surface area contributed by atoms with Crippen molar-refractivity contribution in [2.45, 2.75) is 11.4 Å². The van der Waals surface area contributed by atoms with Crippen molar-refractivity contribution in [1.82, 2.24) is 0 Å². The van der Waals surface area contributed by atoms with Gasteiger partial charge in [0.2, 0.25) is 0 Å². The molecule has 0 bridgehead atoms. The molecule has 0 spiro atoms. The standard InChI is InChI=1S/C2H7AsSe/c1-3(2)4/h4H,1-2H3. The monoisotopic (exact) mass is 186 g/mol. The molecule has 0 aromatic carbocycles. The van der Waals surface area contributed by atoms with Crippen molar-refractivity contribution in [3.63, 3.8) is 0 Å². The van der Waals surface area contributed by atoms with Crippen LogP contribution in [0.3, 0.4) is 0 Å². The summed E-state index contributed by atoms with van der Waals surface area (Å²) in [5.74, 6) is 0.